The topological polar surface area (TPSA) is 66.5 Å². The van der Waals surface area contributed by atoms with Crippen LogP contribution in [0.25, 0.3) is 5.57 Å². The van der Waals surface area contributed by atoms with Crippen molar-refractivity contribution in [2.75, 3.05) is 17.4 Å². The lowest BCUT2D eigenvalue weighted by atomic mass is 9.95. The minimum absolute atomic E-state index is 0.0455. The Kier molecular flexibility index (Phi) is 8.38. The predicted octanol–water partition coefficient (Wildman–Crippen LogP) is 5.77. The first-order chi connectivity index (χ1) is 15.8. The number of hydrogen-bond donors (Lipinski definition) is 1. The average Bonchev–Trinajstić information content (AvgIpc) is 2.81. The molecule has 0 aromatic heterocycles. The first kappa shape index (κ1) is 25.1. The Balaban J connectivity index is 2.18. The second-order valence-electron chi connectivity index (χ2n) is 8.18. The van der Waals surface area contributed by atoms with Gasteiger partial charge < -0.3 is 5.32 Å². The van der Waals surface area contributed by atoms with Gasteiger partial charge in [0.2, 0.25) is 0 Å². The van der Waals surface area contributed by atoms with Gasteiger partial charge in [-0.15, -0.1) is 6.58 Å². The van der Waals surface area contributed by atoms with E-state index < -0.39 is 15.9 Å². The lowest BCUT2D eigenvalue weighted by Gasteiger charge is -2.33. The van der Waals surface area contributed by atoms with Crippen LogP contribution in [0.1, 0.15) is 50.7 Å². The van der Waals surface area contributed by atoms with Gasteiger partial charge in [-0.05, 0) is 36.1 Å². The van der Waals surface area contributed by atoms with Crippen LogP contribution in [0, 0.1) is 5.92 Å². The van der Waals surface area contributed by atoms with Crippen molar-refractivity contribution in [3.05, 3.63) is 82.2 Å². The van der Waals surface area contributed by atoms with Crippen LogP contribution in [0.15, 0.2) is 66.1 Å². The molecule has 2 aromatic carbocycles. The zero-order chi connectivity index (χ0) is 24.0. The minimum Gasteiger partial charge on any atom is -0.351 e. The summed E-state index contributed by atoms with van der Waals surface area (Å²) in [7, 11) is -4.13. The van der Waals surface area contributed by atoms with Crippen molar-refractivity contribution in [3.8, 4) is 0 Å². The molecule has 0 bridgehead atoms. The summed E-state index contributed by atoms with van der Waals surface area (Å²) >= 11 is 6.31. The molecule has 0 fully saturated rings. The summed E-state index contributed by atoms with van der Waals surface area (Å²) < 4.78 is 28.8. The Morgan fingerprint density at radius 3 is 2.55 bits per heavy atom. The molecule has 0 radical (unpaired) electrons. The number of carbonyl (C=O) groups excluding carboxylic acids is 1. The third-order valence-electron chi connectivity index (χ3n) is 5.93. The number of nitrogens with zero attached hydrogens (tertiary/aromatic N) is 1. The molecule has 0 unspecified atom stereocenters. The normalized spacial score (nSPS) is 15.7. The number of hydrogen-bond acceptors (Lipinski definition) is 3. The van der Waals surface area contributed by atoms with Gasteiger partial charge in [-0.3, -0.25) is 9.10 Å². The lowest BCUT2D eigenvalue weighted by Crippen LogP contribution is -2.42. The van der Waals surface area contributed by atoms with Gasteiger partial charge in [0, 0.05) is 22.7 Å². The summed E-state index contributed by atoms with van der Waals surface area (Å²) in [6, 6.07) is 14.2. The highest BCUT2D eigenvalue weighted by molar-refractivity contribution is 7.97. The number of benzene rings is 2. The molecule has 33 heavy (non-hydrogen) atoms. The molecule has 7 heteroatoms. The second kappa shape index (κ2) is 11.0. The fourth-order valence-corrected chi connectivity index (χ4v) is 6.02. The van der Waals surface area contributed by atoms with Crippen molar-refractivity contribution in [3.63, 3.8) is 0 Å². The van der Waals surface area contributed by atoms with Gasteiger partial charge in [0.1, 0.15) is 0 Å². The largest absolute Gasteiger partial charge is 0.351 e. The van der Waals surface area contributed by atoms with Crippen LogP contribution in [-0.2, 0) is 14.8 Å². The Morgan fingerprint density at radius 1 is 1.18 bits per heavy atom. The van der Waals surface area contributed by atoms with Crippen LogP contribution in [0.3, 0.4) is 0 Å². The molecule has 1 aliphatic rings. The van der Waals surface area contributed by atoms with Crippen LogP contribution in [-0.4, -0.2) is 27.4 Å². The number of rotatable bonds is 10. The Labute approximate surface area is 202 Å². The molecular weight excluding hydrogens is 456 g/mol. The summed E-state index contributed by atoms with van der Waals surface area (Å²) in [6.45, 7) is 8.40. The van der Waals surface area contributed by atoms with Gasteiger partial charge in [-0.25, -0.2) is 8.42 Å². The lowest BCUT2D eigenvalue weighted by molar-refractivity contribution is -0.117. The molecule has 2 aromatic rings. The number of sulfonamides is 1. The summed E-state index contributed by atoms with van der Waals surface area (Å²) in [6.07, 6.45) is 5.57. The third-order valence-corrected chi connectivity index (χ3v) is 8.00. The van der Waals surface area contributed by atoms with Crippen molar-refractivity contribution in [2.45, 2.75) is 39.5 Å². The van der Waals surface area contributed by atoms with Crippen LogP contribution < -0.4 is 9.62 Å². The first-order valence-corrected chi connectivity index (χ1v) is 13.2. The van der Waals surface area contributed by atoms with Gasteiger partial charge >= 0.3 is 0 Å². The maximum absolute atomic E-state index is 13.8. The number of nitrogens with one attached hydrogen (secondary N) is 1. The maximum atomic E-state index is 13.8. The average molecular weight is 487 g/mol. The molecule has 0 saturated carbocycles. The number of fused-ring (bicyclic) bond motifs is 1. The highest BCUT2D eigenvalue weighted by atomic mass is 35.5. The molecule has 1 amide bonds. The van der Waals surface area contributed by atoms with E-state index in [9.17, 15) is 13.2 Å². The SMILES string of the molecule is C=CCN1c2ccc(Cl)cc2C(c2ccccc2)=C(C(=O)NC[C@H](CC)CCCC)S1(=O)=O. The van der Waals surface area contributed by atoms with E-state index in [0.717, 1.165) is 25.7 Å². The number of anilines is 1. The van der Waals surface area contributed by atoms with E-state index in [4.69, 9.17) is 11.6 Å². The van der Waals surface area contributed by atoms with E-state index in [1.54, 1.807) is 18.2 Å². The van der Waals surface area contributed by atoms with Crippen molar-refractivity contribution >= 4 is 38.8 Å². The molecular formula is C26H31ClN2O3S. The highest BCUT2D eigenvalue weighted by Gasteiger charge is 2.41. The van der Waals surface area contributed by atoms with Crippen molar-refractivity contribution < 1.29 is 13.2 Å². The molecule has 1 heterocycles. The van der Waals surface area contributed by atoms with E-state index in [2.05, 4.69) is 25.7 Å². The van der Waals surface area contributed by atoms with Crippen molar-refractivity contribution in [1.82, 2.24) is 5.32 Å². The zero-order valence-corrected chi connectivity index (χ0v) is 20.8. The van der Waals surface area contributed by atoms with Crippen LogP contribution in [0.4, 0.5) is 5.69 Å². The molecule has 1 N–H and O–H groups in total. The van der Waals surface area contributed by atoms with Gasteiger partial charge in [-0.2, -0.15) is 0 Å². The van der Waals surface area contributed by atoms with E-state index in [1.807, 2.05) is 30.3 Å². The van der Waals surface area contributed by atoms with E-state index >= 15 is 0 Å². The molecule has 1 aliphatic heterocycles. The smallest absolute Gasteiger partial charge is 0.270 e. The quantitative estimate of drug-likeness (QED) is 0.433. The van der Waals surface area contributed by atoms with Gasteiger partial charge in [-0.1, -0.05) is 81.1 Å². The van der Waals surface area contributed by atoms with Gasteiger partial charge in [0.15, 0.2) is 4.91 Å². The van der Waals surface area contributed by atoms with E-state index in [-0.39, 0.29) is 11.4 Å². The third kappa shape index (κ3) is 5.33. The number of halogens is 1. The zero-order valence-electron chi connectivity index (χ0n) is 19.2. The van der Waals surface area contributed by atoms with Crippen LogP contribution in [0.2, 0.25) is 5.02 Å². The fraction of sp³-hybridized carbons (Fsp3) is 0.346. The van der Waals surface area contributed by atoms with E-state index in [1.165, 1.54) is 10.4 Å². The number of amides is 1. The predicted molar refractivity (Wildman–Crippen MR) is 137 cm³/mol. The van der Waals surface area contributed by atoms with E-state index in [0.29, 0.717) is 39.9 Å². The first-order valence-electron chi connectivity index (χ1n) is 11.4. The molecule has 1 atom stereocenters. The number of unbranched alkanes of at least 4 members (excludes halogenated alkanes) is 1. The molecule has 3 rings (SSSR count). The summed E-state index contributed by atoms with van der Waals surface area (Å²) in [5.41, 5.74) is 2.09. The fourth-order valence-electron chi connectivity index (χ4n) is 4.11. The Hall–Kier alpha value is -2.57. The summed E-state index contributed by atoms with van der Waals surface area (Å²) in [5, 5.41) is 3.38. The molecule has 0 saturated heterocycles. The second-order valence-corrected chi connectivity index (χ2v) is 10.4. The molecule has 0 aliphatic carbocycles. The molecule has 0 spiro atoms. The van der Waals surface area contributed by atoms with Crippen molar-refractivity contribution in [1.29, 1.82) is 0 Å². The maximum Gasteiger partial charge on any atom is 0.270 e. The standard InChI is InChI=1S/C26H31ClN2O3S/c1-4-7-11-19(6-3)18-28-26(30)25-24(20-12-9-8-10-13-20)22-17-21(27)14-15-23(22)29(16-5-2)33(25,31)32/h5,8-10,12-15,17,19H,2,4,6-7,11,16,18H2,1,3H3,(H,28,30)/t19-/m1/s1. The Morgan fingerprint density at radius 2 is 1.91 bits per heavy atom. The monoisotopic (exact) mass is 486 g/mol. The van der Waals surface area contributed by atoms with Gasteiger partial charge in [0.25, 0.3) is 15.9 Å². The minimum atomic E-state index is -4.13. The number of carbonyl (C=O) groups is 1. The Bertz CT molecular complexity index is 1140. The van der Waals surface area contributed by atoms with Crippen molar-refractivity contribution in [2.24, 2.45) is 5.92 Å². The van der Waals surface area contributed by atoms with Crippen LogP contribution in [0.5, 0.6) is 0 Å². The summed E-state index contributed by atoms with van der Waals surface area (Å²) in [5.74, 6) is -0.296. The summed E-state index contributed by atoms with van der Waals surface area (Å²) in [4.78, 5) is 13.2. The van der Waals surface area contributed by atoms with Crippen LogP contribution >= 0.6 is 11.6 Å². The molecule has 5 nitrogen and oxygen atoms in total. The van der Waals surface area contributed by atoms with Gasteiger partial charge in [0.05, 0.1) is 12.2 Å². The molecule has 176 valence electrons. The highest BCUT2D eigenvalue weighted by Crippen LogP contribution is 2.43.